The molecule has 0 aliphatic rings. The predicted octanol–water partition coefficient (Wildman–Crippen LogP) is 5.54. The second-order valence-corrected chi connectivity index (χ2v) is 8.85. The Hall–Kier alpha value is -3.80. The topological polar surface area (TPSA) is 76.3 Å². The Balaban J connectivity index is 1.72. The van der Waals surface area contributed by atoms with E-state index in [1.54, 1.807) is 12.1 Å². The molecule has 0 radical (unpaired) electrons. The van der Waals surface area contributed by atoms with Crippen LogP contribution in [-0.4, -0.2) is 22.9 Å². The number of carbonyl (C=O) groups excluding carboxylic acids is 2. The number of aromatic nitrogens is 1. The number of benzene rings is 2. The number of aryl methyl sites for hydroxylation is 2. The Morgan fingerprint density at radius 1 is 1.00 bits per heavy atom. The third-order valence-corrected chi connectivity index (χ3v) is 5.64. The summed E-state index contributed by atoms with van der Waals surface area (Å²) in [6.07, 6.45) is 1.47. The second kappa shape index (κ2) is 9.36. The van der Waals surface area contributed by atoms with Gasteiger partial charge in [-0.2, -0.15) is 0 Å². The molecule has 4 rings (SSSR count). The quantitative estimate of drug-likeness (QED) is 0.394. The largest absolute Gasteiger partial charge is 0.459 e. The van der Waals surface area contributed by atoms with Gasteiger partial charge in [0.25, 0.3) is 11.8 Å². The molecule has 4 aromatic rings. The van der Waals surface area contributed by atoms with Crippen LogP contribution in [0.4, 0.5) is 5.69 Å². The summed E-state index contributed by atoms with van der Waals surface area (Å²) in [5.74, 6) is 0.181. The number of furan rings is 1. The van der Waals surface area contributed by atoms with Crippen molar-refractivity contribution in [3.05, 3.63) is 89.0 Å². The fourth-order valence-electron chi connectivity index (χ4n) is 3.84. The first-order valence-electron chi connectivity index (χ1n) is 11.1. The molecule has 2 aromatic carbocycles. The minimum atomic E-state index is -0.316. The molecule has 0 bridgehead atoms. The lowest BCUT2D eigenvalue weighted by molar-refractivity contribution is 0.0939. The zero-order valence-electron chi connectivity index (χ0n) is 19.4. The van der Waals surface area contributed by atoms with E-state index >= 15 is 0 Å². The van der Waals surface area contributed by atoms with Crippen molar-refractivity contribution < 1.29 is 14.0 Å². The number of fused-ring (bicyclic) bond motifs is 1. The van der Waals surface area contributed by atoms with Gasteiger partial charge in [0, 0.05) is 29.7 Å². The minimum absolute atomic E-state index is 0.105. The maximum absolute atomic E-state index is 13.1. The lowest BCUT2D eigenvalue weighted by atomic mass is 10.1. The summed E-state index contributed by atoms with van der Waals surface area (Å²) in [5.41, 5.74) is 5.70. The average molecular weight is 444 g/mol. The molecule has 0 aliphatic heterocycles. The van der Waals surface area contributed by atoms with Gasteiger partial charge in [-0.15, -0.1) is 0 Å². The molecule has 2 heterocycles. The van der Waals surface area contributed by atoms with Crippen molar-refractivity contribution in [1.29, 1.82) is 0 Å². The molecule has 2 N–H and O–H groups in total. The number of nitrogens with zero attached hydrogens (tertiary/aromatic N) is 1. The van der Waals surface area contributed by atoms with Gasteiger partial charge in [-0.3, -0.25) is 9.59 Å². The van der Waals surface area contributed by atoms with E-state index in [1.807, 2.05) is 28.8 Å². The summed E-state index contributed by atoms with van der Waals surface area (Å²) in [5, 5.41) is 6.77. The van der Waals surface area contributed by atoms with Crippen LogP contribution in [-0.2, 0) is 6.54 Å². The van der Waals surface area contributed by atoms with E-state index in [2.05, 4.69) is 56.5 Å². The highest BCUT2D eigenvalue weighted by atomic mass is 16.3. The van der Waals surface area contributed by atoms with Gasteiger partial charge in [-0.05, 0) is 67.3 Å². The Bertz CT molecular complexity index is 1300. The van der Waals surface area contributed by atoms with Crippen LogP contribution in [0.2, 0.25) is 0 Å². The molecular formula is C27H29N3O3. The van der Waals surface area contributed by atoms with E-state index in [1.165, 1.54) is 23.0 Å². The standard InChI is InChI=1S/C27H29N3O3/c1-17(2)15-28-26(31)24-14-20-13-22(29-27(32)25-6-5-11-33-25)9-10-23(20)30(24)16-21-12-18(3)7-8-19(21)4/h5-14,17H,15-16H2,1-4H3,(H,28,31)(H,29,32). The summed E-state index contributed by atoms with van der Waals surface area (Å²) in [6, 6.07) is 17.2. The molecule has 0 atom stereocenters. The van der Waals surface area contributed by atoms with Gasteiger partial charge in [0.15, 0.2) is 5.76 Å². The highest BCUT2D eigenvalue weighted by molar-refractivity contribution is 6.04. The highest BCUT2D eigenvalue weighted by Gasteiger charge is 2.18. The molecule has 6 heteroatoms. The Morgan fingerprint density at radius 3 is 2.55 bits per heavy atom. The van der Waals surface area contributed by atoms with Crippen LogP contribution in [0, 0.1) is 19.8 Å². The van der Waals surface area contributed by atoms with Crippen LogP contribution < -0.4 is 10.6 Å². The van der Waals surface area contributed by atoms with E-state index < -0.39 is 0 Å². The predicted molar refractivity (Wildman–Crippen MR) is 131 cm³/mol. The Morgan fingerprint density at radius 2 is 1.82 bits per heavy atom. The van der Waals surface area contributed by atoms with Crippen LogP contribution in [0.15, 0.2) is 65.3 Å². The summed E-state index contributed by atoms with van der Waals surface area (Å²) in [4.78, 5) is 25.5. The van der Waals surface area contributed by atoms with E-state index in [9.17, 15) is 9.59 Å². The molecule has 2 aromatic heterocycles. The number of amides is 2. The third kappa shape index (κ3) is 5.00. The van der Waals surface area contributed by atoms with Crippen LogP contribution in [0.5, 0.6) is 0 Å². The zero-order chi connectivity index (χ0) is 23.5. The summed E-state index contributed by atoms with van der Waals surface area (Å²) < 4.78 is 7.22. The molecule has 2 amide bonds. The summed E-state index contributed by atoms with van der Waals surface area (Å²) in [7, 11) is 0. The normalized spacial score (nSPS) is 11.2. The van der Waals surface area contributed by atoms with E-state index in [0.29, 0.717) is 30.4 Å². The smallest absolute Gasteiger partial charge is 0.291 e. The average Bonchev–Trinajstić information content (AvgIpc) is 3.43. The SMILES string of the molecule is Cc1ccc(C)c(Cn2c(C(=O)NCC(C)C)cc3cc(NC(=O)c4ccco4)ccc32)c1. The van der Waals surface area contributed by atoms with Gasteiger partial charge in [0.1, 0.15) is 5.69 Å². The number of hydrogen-bond acceptors (Lipinski definition) is 3. The molecule has 0 spiro atoms. The molecule has 0 saturated carbocycles. The van der Waals surface area contributed by atoms with Crippen molar-refractivity contribution in [3.8, 4) is 0 Å². The minimum Gasteiger partial charge on any atom is -0.459 e. The summed E-state index contributed by atoms with van der Waals surface area (Å²) >= 11 is 0. The van der Waals surface area contributed by atoms with Gasteiger partial charge in [0.2, 0.25) is 0 Å². The molecular weight excluding hydrogens is 414 g/mol. The maximum Gasteiger partial charge on any atom is 0.291 e. The van der Waals surface area contributed by atoms with Crippen molar-refractivity contribution >= 4 is 28.4 Å². The fraction of sp³-hybridized carbons (Fsp3) is 0.259. The highest BCUT2D eigenvalue weighted by Crippen LogP contribution is 2.26. The molecule has 0 unspecified atom stereocenters. The maximum atomic E-state index is 13.1. The van der Waals surface area contributed by atoms with Crippen molar-refractivity contribution in [2.24, 2.45) is 5.92 Å². The lowest BCUT2D eigenvalue weighted by Gasteiger charge is -2.14. The molecule has 0 fully saturated rings. The number of anilines is 1. The van der Waals surface area contributed by atoms with Crippen LogP contribution in [0.1, 0.15) is 51.6 Å². The van der Waals surface area contributed by atoms with E-state index in [0.717, 1.165) is 10.9 Å². The molecule has 33 heavy (non-hydrogen) atoms. The second-order valence-electron chi connectivity index (χ2n) is 8.85. The van der Waals surface area contributed by atoms with Gasteiger partial charge in [-0.25, -0.2) is 0 Å². The number of hydrogen-bond donors (Lipinski definition) is 2. The van der Waals surface area contributed by atoms with Crippen LogP contribution in [0.25, 0.3) is 10.9 Å². The summed E-state index contributed by atoms with van der Waals surface area (Å²) in [6.45, 7) is 9.48. The molecule has 0 aliphatic carbocycles. The molecule has 0 saturated heterocycles. The zero-order valence-corrected chi connectivity index (χ0v) is 19.4. The van der Waals surface area contributed by atoms with Gasteiger partial charge in [0.05, 0.1) is 6.26 Å². The van der Waals surface area contributed by atoms with Gasteiger partial charge in [-0.1, -0.05) is 37.6 Å². The van der Waals surface area contributed by atoms with Gasteiger partial charge < -0.3 is 19.6 Å². The van der Waals surface area contributed by atoms with Crippen molar-refractivity contribution in [2.75, 3.05) is 11.9 Å². The monoisotopic (exact) mass is 443 g/mol. The van der Waals surface area contributed by atoms with Crippen LogP contribution in [0.3, 0.4) is 0 Å². The molecule has 6 nitrogen and oxygen atoms in total. The van der Waals surface area contributed by atoms with Crippen molar-refractivity contribution in [2.45, 2.75) is 34.2 Å². The van der Waals surface area contributed by atoms with Crippen molar-refractivity contribution in [3.63, 3.8) is 0 Å². The third-order valence-electron chi connectivity index (χ3n) is 5.64. The molecule has 170 valence electrons. The van der Waals surface area contributed by atoms with E-state index in [4.69, 9.17) is 4.42 Å². The lowest BCUT2D eigenvalue weighted by Crippen LogP contribution is -2.29. The number of carbonyl (C=O) groups is 2. The fourth-order valence-corrected chi connectivity index (χ4v) is 3.84. The number of rotatable bonds is 7. The van der Waals surface area contributed by atoms with Crippen LogP contribution >= 0.6 is 0 Å². The first kappa shape index (κ1) is 22.4. The first-order chi connectivity index (χ1) is 15.8. The Kier molecular flexibility index (Phi) is 6.36. The Labute approximate surface area is 193 Å². The van der Waals surface area contributed by atoms with E-state index in [-0.39, 0.29) is 17.6 Å². The van der Waals surface area contributed by atoms with Gasteiger partial charge >= 0.3 is 0 Å². The number of nitrogens with one attached hydrogen (secondary N) is 2. The first-order valence-corrected chi connectivity index (χ1v) is 11.1. The van der Waals surface area contributed by atoms with Crippen molar-refractivity contribution in [1.82, 2.24) is 9.88 Å².